The van der Waals surface area contributed by atoms with Gasteiger partial charge in [0, 0.05) is 35.1 Å². The third kappa shape index (κ3) is 6.16. The third-order valence-corrected chi connectivity index (χ3v) is 6.84. The highest BCUT2D eigenvalue weighted by Gasteiger charge is 2.28. The van der Waals surface area contributed by atoms with Gasteiger partial charge in [-0.1, -0.05) is 11.6 Å². The van der Waals surface area contributed by atoms with E-state index in [1.54, 1.807) is 20.8 Å². The summed E-state index contributed by atoms with van der Waals surface area (Å²) in [7, 11) is 0. The summed E-state index contributed by atoms with van der Waals surface area (Å²) in [4.78, 5) is 49.0. The van der Waals surface area contributed by atoms with Gasteiger partial charge in [-0.3, -0.25) is 14.9 Å². The standard InChI is InChI=1S/C26H21ClN2O8S/c1-4-35-25(31)23-14(3)24(26(32)36-5-2)38-22(23)12-20(30)15(13-28)10-17-7-9-21(37-17)18-11-16(29(33)34)6-8-19(18)27/h6-11H,4-5,12H2,1-3H3/b15-10+. The Kier molecular flexibility index (Phi) is 9.17. The van der Waals surface area contributed by atoms with Crippen molar-refractivity contribution in [2.24, 2.45) is 0 Å². The van der Waals surface area contributed by atoms with E-state index in [1.807, 2.05) is 6.07 Å². The molecule has 0 amide bonds. The van der Waals surface area contributed by atoms with Gasteiger partial charge < -0.3 is 13.9 Å². The molecule has 0 spiro atoms. The molecule has 0 aliphatic carbocycles. The van der Waals surface area contributed by atoms with Crippen molar-refractivity contribution in [2.75, 3.05) is 13.2 Å². The fourth-order valence-corrected chi connectivity index (χ4v) is 4.90. The van der Waals surface area contributed by atoms with Crippen molar-refractivity contribution >= 4 is 52.4 Å². The van der Waals surface area contributed by atoms with Crippen molar-refractivity contribution in [3.05, 3.63) is 77.7 Å². The van der Waals surface area contributed by atoms with Crippen LogP contribution in [0.2, 0.25) is 5.02 Å². The van der Waals surface area contributed by atoms with Crippen LogP contribution in [0.1, 0.15) is 50.1 Å². The van der Waals surface area contributed by atoms with E-state index in [4.69, 9.17) is 25.5 Å². The molecule has 0 N–H and O–H groups in total. The van der Waals surface area contributed by atoms with Gasteiger partial charge in [-0.15, -0.1) is 11.3 Å². The quantitative estimate of drug-likeness (QED) is 0.0969. The molecule has 12 heteroatoms. The molecule has 10 nitrogen and oxygen atoms in total. The molecule has 0 fully saturated rings. The van der Waals surface area contributed by atoms with Crippen LogP contribution in [0.3, 0.4) is 0 Å². The number of carbonyl (C=O) groups excluding carboxylic acids is 3. The molecular weight excluding hydrogens is 536 g/mol. The number of nitrogens with zero attached hydrogens (tertiary/aromatic N) is 2. The number of nitro groups is 1. The number of hydrogen-bond acceptors (Lipinski definition) is 10. The van der Waals surface area contributed by atoms with Crippen LogP contribution in [0, 0.1) is 28.4 Å². The summed E-state index contributed by atoms with van der Waals surface area (Å²) in [6, 6.07) is 8.68. The number of Topliss-reactive ketones (excluding diaryl/α,β-unsaturated/α-hetero) is 1. The average molecular weight is 557 g/mol. The van der Waals surface area contributed by atoms with E-state index in [9.17, 15) is 29.8 Å². The second-order valence-electron chi connectivity index (χ2n) is 7.69. The van der Waals surface area contributed by atoms with Gasteiger partial charge in [-0.25, -0.2) is 9.59 Å². The molecule has 0 radical (unpaired) electrons. The lowest BCUT2D eigenvalue weighted by Gasteiger charge is -2.05. The number of halogens is 1. The Labute approximate surface area is 226 Å². The summed E-state index contributed by atoms with van der Waals surface area (Å²) in [5.74, 6) is -1.61. The predicted octanol–water partition coefficient (Wildman–Crippen LogP) is 5.95. The summed E-state index contributed by atoms with van der Waals surface area (Å²) >= 11 is 7.10. The van der Waals surface area contributed by atoms with Crippen LogP contribution in [0.4, 0.5) is 5.69 Å². The van der Waals surface area contributed by atoms with Crippen molar-refractivity contribution in [3.63, 3.8) is 0 Å². The molecule has 38 heavy (non-hydrogen) atoms. The average Bonchev–Trinajstić information content (AvgIpc) is 3.47. The molecule has 1 aromatic carbocycles. The molecule has 3 aromatic rings. The van der Waals surface area contributed by atoms with E-state index in [2.05, 4.69) is 0 Å². The fraction of sp³-hybridized carbons (Fsp3) is 0.231. The van der Waals surface area contributed by atoms with E-state index < -0.39 is 22.6 Å². The summed E-state index contributed by atoms with van der Waals surface area (Å²) in [5.41, 5.74) is 0.240. The van der Waals surface area contributed by atoms with Gasteiger partial charge in [0.15, 0.2) is 5.78 Å². The number of ether oxygens (including phenoxy) is 2. The number of benzene rings is 1. The summed E-state index contributed by atoms with van der Waals surface area (Å²) in [6.45, 7) is 5.07. The maximum absolute atomic E-state index is 13.1. The molecule has 196 valence electrons. The number of non-ortho nitro benzene ring substituents is 1. The van der Waals surface area contributed by atoms with Crippen molar-refractivity contribution in [1.82, 2.24) is 0 Å². The number of carbonyl (C=O) groups is 3. The molecule has 0 saturated heterocycles. The number of thiophene rings is 1. The lowest BCUT2D eigenvalue weighted by molar-refractivity contribution is -0.384. The zero-order valence-corrected chi connectivity index (χ0v) is 22.1. The first-order valence-corrected chi connectivity index (χ1v) is 12.5. The fourth-order valence-electron chi connectivity index (χ4n) is 3.51. The van der Waals surface area contributed by atoms with Crippen molar-refractivity contribution in [3.8, 4) is 17.4 Å². The highest BCUT2D eigenvalue weighted by molar-refractivity contribution is 7.14. The van der Waals surface area contributed by atoms with Crippen LogP contribution in [-0.2, 0) is 20.7 Å². The van der Waals surface area contributed by atoms with Crippen LogP contribution in [0.25, 0.3) is 17.4 Å². The number of allylic oxidation sites excluding steroid dienone is 1. The van der Waals surface area contributed by atoms with Crippen molar-refractivity contribution in [2.45, 2.75) is 27.2 Å². The van der Waals surface area contributed by atoms with Gasteiger partial charge in [0.05, 0.1) is 34.3 Å². The minimum atomic E-state index is -0.688. The second-order valence-corrected chi connectivity index (χ2v) is 9.20. The van der Waals surface area contributed by atoms with Crippen LogP contribution in [0.15, 0.2) is 40.3 Å². The summed E-state index contributed by atoms with van der Waals surface area (Å²) in [6.07, 6.45) is 0.872. The van der Waals surface area contributed by atoms with Gasteiger partial charge in [0.25, 0.3) is 5.69 Å². The van der Waals surface area contributed by atoms with E-state index in [0.717, 1.165) is 11.3 Å². The molecule has 0 bridgehead atoms. The molecule has 0 aliphatic rings. The van der Waals surface area contributed by atoms with Gasteiger partial charge in [-0.05, 0) is 44.5 Å². The minimum absolute atomic E-state index is 0.0890. The minimum Gasteiger partial charge on any atom is -0.462 e. The molecule has 0 aliphatic heterocycles. The van der Waals surface area contributed by atoms with Gasteiger partial charge in [-0.2, -0.15) is 5.26 Å². The first-order valence-electron chi connectivity index (χ1n) is 11.3. The number of furan rings is 1. The van der Waals surface area contributed by atoms with E-state index >= 15 is 0 Å². The molecular formula is C26H21ClN2O8S. The maximum Gasteiger partial charge on any atom is 0.348 e. The Hall–Kier alpha value is -4.27. The largest absolute Gasteiger partial charge is 0.462 e. The highest BCUT2D eigenvalue weighted by atomic mass is 35.5. The summed E-state index contributed by atoms with van der Waals surface area (Å²) < 4.78 is 15.8. The first-order chi connectivity index (χ1) is 18.1. The van der Waals surface area contributed by atoms with E-state index in [-0.39, 0.29) is 68.3 Å². The summed E-state index contributed by atoms with van der Waals surface area (Å²) in [5, 5.41) is 21.0. The molecule has 2 heterocycles. The van der Waals surface area contributed by atoms with E-state index in [1.165, 1.54) is 36.4 Å². The molecule has 2 aromatic heterocycles. The molecule has 0 saturated carbocycles. The zero-order chi connectivity index (χ0) is 28.0. The van der Waals surface area contributed by atoms with Gasteiger partial charge in [0.2, 0.25) is 0 Å². The number of esters is 2. The Balaban J connectivity index is 1.93. The maximum atomic E-state index is 13.1. The van der Waals surface area contributed by atoms with Crippen molar-refractivity contribution < 1.29 is 33.2 Å². The number of nitriles is 1. The lowest BCUT2D eigenvalue weighted by Crippen LogP contribution is -2.12. The monoisotopic (exact) mass is 556 g/mol. The highest BCUT2D eigenvalue weighted by Crippen LogP contribution is 2.34. The van der Waals surface area contributed by atoms with Gasteiger partial charge in [0.1, 0.15) is 22.5 Å². The van der Waals surface area contributed by atoms with E-state index in [0.29, 0.717) is 5.56 Å². The van der Waals surface area contributed by atoms with Crippen molar-refractivity contribution in [1.29, 1.82) is 5.26 Å². The zero-order valence-electron chi connectivity index (χ0n) is 20.5. The number of nitro benzene ring substituents is 1. The number of ketones is 1. The topological polar surface area (TPSA) is 150 Å². The Morgan fingerprint density at radius 2 is 1.84 bits per heavy atom. The first kappa shape index (κ1) is 28.3. The second kappa shape index (κ2) is 12.3. The SMILES string of the molecule is CCOC(=O)c1sc(CC(=O)/C(C#N)=C/c2ccc(-c3cc([N+](=O)[O-])ccc3Cl)o2)c(C(=O)OCC)c1C. The van der Waals surface area contributed by atoms with Gasteiger partial charge >= 0.3 is 11.9 Å². The molecule has 3 rings (SSSR count). The van der Waals surface area contributed by atoms with Crippen LogP contribution in [-0.4, -0.2) is 35.9 Å². The number of rotatable bonds is 10. The number of hydrogen-bond donors (Lipinski definition) is 0. The van der Waals surface area contributed by atoms with Crippen LogP contribution < -0.4 is 0 Å². The normalized spacial score (nSPS) is 11.1. The molecule has 0 unspecified atom stereocenters. The van der Waals surface area contributed by atoms with Crippen LogP contribution >= 0.6 is 22.9 Å². The Bertz CT molecular complexity index is 1500. The molecule has 0 atom stereocenters. The third-order valence-electron chi connectivity index (χ3n) is 5.24. The smallest absolute Gasteiger partial charge is 0.348 e. The lowest BCUT2D eigenvalue weighted by atomic mass is 10.0. The van der Waals surface area contributed by atoms with Crippen LogP contribution in [0.5, 0.6) is 0 Å². The predicted molar refractivity (Wildman–Crippen MR) is 139 cm³/mol. The Morgan fingerprint density at radius 1 is 1.16 bits per heavy atom. The Morgan fingerprint density at radius 3 is 2.47 bits per heavy atom.